The van der Waals surface area contributed by atoms with E-state index < -0.39 is 0 Å². The topological polar surface area (TPSA) is 29.6 Å². The summed E-state index contributed by atoms with van der Waals surface area (Å²) >= 11 is 5.10. The first-order chi connectivity index (χ1) is 12.1. The molecule has 0 aliphatic rings. The summed E-state index contributed by atoms with van der Waals surface area (Å²) in [5.74, 6) is 0. The first kappa shape index (κ1) is 17.8. The molecule has 0 saturated heterocycles. The van der Waals surface area contributed by atoms with Gasteiger partial charge in [-0.1, -0.05) is 51.8 Å². The Morgan fingerprint density at radius 3 is 2.56 bits per heavy atom. The van der Waals surface area contributed by atoms with Crippen molar-refractivity contribution < 1.29 is 0 Å². The number of aromatic nitrogens is 1. The van der Waals surface area contributed by atoms with Crippen molar-refractivity contribution in [2.45, 2.75) is 20.8 Å². The molecule has 3 rings (SSSR count). The Morgan fingerprint density at radius 1 is 1.12 bits per heavy atom. The summed E-state index contributed by atoms with van der Waals surface area (Å²) < 4.78 is 2.99. The molecule has 0 bridgehead atoms. The van der Waals surface area contributed by atoms with E-state index in [1.54, 1.807) is 11.3 Å². The van der Waals surface area contributed by atoms with Crippen LogP contribution in [0.2, 0.25) is 0 Å². The summed E-state index contributed by atoms with van der Waals surface area (Å²) in [5.41, 5.74) is 5.77. The van der Waals surface area contributed by atoms with Crippen molar-refractivity contribution in [3.63, 3.8) is 0 Å². The van der Waals surface area contributed by atoms with Crippen LogP contribution in [0.25, 0.3) is 11.3 Å². The molecule has 0 atom stereocenters. The van der Waals surface area contributed by atoms with Crippen LogP contribution in [0.3, 0.4) is 0 Å². The quantitative estimate of drug-likeness (QED) is 0.512. The van der Waals surface area contributed by atoms with Crippen LogP contribution in [-0.4, -0.2) is 17.4 Å². The minimum atomic E-state index is 0.735. The smallest absolute Gasteiger partial charge is 0.206 e. The summed E-state index contributed by atoms with van der Waals surface area (Å²) in [6.45, 7) is 6.99. The summed E-state index contributed by atoms with van der Waals surface area (Å²) in [6.07, 6.45) is 1.92. The van der Waals surface area contributed by atoms with Gasteiger partial charge >= 0.3 is 0 Å². The molecule has 3 nitrogen and oxygen atoms in total. The van der Waals surface area contributed by atoms with Gasteiger partial charge in [0.25, 0.3) is 0 Å². The minimum absolute atomic E-state index is 0.735. The second kappa shape index (κ2) is 7.93. The maximum absolute atomic E-state index is 4.74. The van der Waals surface area contributed by atoms with E-state index in [9.17, 15) is 0 Å². The fraction of sp³-hybridized carbons (Fsp3) is 0.200. The third-order valence-electron chi connectivity index (χ3n) is 3.86. The Bertz CT molecular complexity index is 965. The Morgan fingerprint density at radius 2 is 1.88 bits per heavy atom. The summed E-state index contributed by atoms with van der Waals surface area (Å²) in [4.78, 5) is 5.48. The third-order valence-corrected chi connectivity index (χ3v) is 5.24. The van der Waals surface area contributed by atoms with Crippen LogP contribution in [0.15, 0.2) is 62.4 Å². The number of thiazole rings is 1. The normalized spacial score (nSPS) is 12.2. The van der Waals surface area contributed by atoms with Crippen molar-refractivity contribution in [2.24, 2.45) is 10.1 Å². The fourth-order valence-electron chi connectivity index (χ4n) is 2.56. The van der Waals surface area contributed by atoms with E-state index in [1.165, 1.54) is 11.1 Å². The van der Waals surface area contributed by atoms with E-state index in [1.807, 2.05) is 29.9 Å². The van der Waals surface area contributed by atoms with Gasteiger partial charge in [-0.2, -0.15) is 5.10 Å². The molecule has 0 radical (unpaired) electrons. The molecule has 3 aromatic rings. The van der Waals surface area contributed by atoms with E-state index in [0.29, 0.717) is 0 Å². The van der Waals surface area contributed by atoms with Gasteiger partial charge in [0.1, 0.15) is 0 Å². The molecule has 1 aromatic heterocycles. The predicted molar refractivity (Wildman–Crippen MR) is 110 cm³/mol. The molecule has 0 aliphatic carbocycles. The molecule has 128 valence electrons. The van der Waals surface area contributed by atoms with Crippen molar-refractivity contribution >= 4 is 33.5 Å². The molecule has 25 heavy (non-hydrogen) atoms. The van der Waals surface area contributed by atoms with E-state index in [2.05, 4.69) is 70.5 Å². The van der Waals surface area contributed by atoms with E-state index in [-0.39, 0.29) is 0 Å². The lowest BCUT2D eigenvalue weighted by Gasteiger charge is -2.05. The molecule has 0 fully saturated rings. The minimum Gasteiger partial charge on any atom is -0.258 e. The molecule has 2 aromatic carbocycles. The highest BCUT2D eigenvalue weighted by Crippen LogP contribution is 2.22. The fourth-order valence-corrected chi connectivity index (χ4v) is 3.73. The summed E-state index contributed by atoms with van der Waals surface area (Å²) in [5, 5.41) is 6.85. The monoisotopic (exact) mass is 413 g/mol. The average molecular weight is 414 g/mol. The van der Waals surface area contributed by atoms with Crippen LogP contribution in [-0.2, 0) is 0 Å². The highest BCUT2D eigenvalue weighted by Gasteiger charge is 2.07. The zero-order chi connectivity index (χ0) is 17.8. The summed E-state index contributed by atoms with van der Waals surface area (Å²) in [7, 11) is 0. The van der Waals surface area contributed by atoms with Crippen LogP contribution in [0.5, 0.6) is 0 Å². The van der Waals surface area contributed by atoms with Gasteiger partial charge in [-0.15, -0.1) is 11.3 Å². The molecular weight excluding hydrogens is 394 g/mol. The zero-order valence-corrected chi connectivity index (χ0v) is 16.9. The maximum atomic E-state index is 4.74. The zero-order valence-electron chi connectivity index (χ0n) is 14.5. The number of halogens is 1. The van der Waals surface area contributed by atoms with E-state index in [0.717, 1.165) is 32.6 Å². The molecule has 1 heterocycles. The van der Waals surface area contributed by atoms with Gasteiger partial charge in [0.2, 0.25) is 4.80 Å². The van der Waals surface area contributed by atoms with Gasteiger partial charge in [-0.05, 0) is 44.0 Å². The first-order valence-corrected chi connectivity index (χ1v) is 9.84. The predicted octanol–water partition coefficient (Wildman–Crippen LogP) is 5.40. The van der Waals surface area contributed by atoms with Gasteiger partial charge in [0.05, 0.1) is 11.9 Å². The second-order valence-corrected chi connectivity index (χ2v) is 7.55. The lowest BCUT2D eigenvalue weighted by atomic mass is 10.1. The lowest BCUT2D eigenvalue weighted by Crippen LogP contribution is -2.12. The molecule has 0 saturated carbocycles. The largest absolute Gasteiger partial charge is 0.258 e. The van der Waals surface area contributed by atoms with Gasteiger partial charge < -0.3 is 0 Å². The third kappa shape index (κ3) is 4.17. The molecule has 0 N–H and O–H groups in total. The summed E-state index contributed by atoms with van der Waals surface area (Å²) in [6, 6.07) is 14.7. The van der Waals surface area contributed by atoms with Crippen molar-refractivity contribution in [1.29, 1.82) is 0 Å². The Labute approximate surface area is 160 Å². The van der Waals surface area contributed by atoms with Crippen molar-refractivity contribution in [2.75, 3.05) is 6.54 Å². The Balaban J connectivity index is 2.07. The number of benzene rings is 2. The number of nitrogens with zero attached hydrogens (tertiary/aromatic N) is 3. The van der Waals surface area contributed by atoms with Gasteiger partial charge in [0, 0.05) is 22.0 Å². The number of hydrogen-bond acceptors (Lipinski definition) is 3. The van der Waals surface area contributed by atoms with Crippen LogP contribution in [0.4, 0.5) is 0 Å². The average Bonchev–Trinajstić information content (AvgIpc) is 2.98. The van der Waals surface area contributed by atoms with Crippen LogP contribution >= 0.6 is 27.3 Å². The maximum Gasteiger partial charge on any atom is 0.206 e. The lowest BCUT2D eigenvalue weighted by molar-refractivity contribution is 0.833. The molecule has 0 spiro atoms. The molecular formula is C20H20BrN3S. The van der Waals surface area contributed by atoms with Crippen LogP contribution in [0.1, 0.15) is 23.6 Å². The molecule has 0 amide bonds. The molecule has 0 unspecified atom stereocenters. The van der Waals surface area contributed by atoms with E-state index in [4.69, 9.17) is 5.10 Å². The van der Waals surface area contributed by atoms with E-state index >= 15 is 0 Å². The second-order valence-electron chi connectivity index (χ2n) is 5.80. The standard InChI is InChI=1S/C20H20BrN3S/c1-4-22-20-24(23-12-17-6-5-14(2)11-15(17)3)19(13-25-20)16-7-9-18(21)10-8-16/h5-13H,4H2,1-3H3. The molecule has 5 heteroatoms. The van der Waals surface area contributed by atoms with Crippen molar-refractivity contribution in [1.82, 2.24) is 4.68 Å². The number of aryl methyl sites for hydroxylation is 2. The van der Waals surface area contributed by atoms with Gasteiger partial charge in [-0.25, -0.2) is 4.68 Å². The van der Waals surface area contributed by atoms with Crippen LogP contribution in [0, 0.1) is 13.8 Å². The Kier molecular flexibility index (Phi) is 5.66. The highest BCUT2D eigenvalue weighted by molar-refractivity contribution is 9.10. The van der Waals surface area contributed by atoms with Crippen LogP contribution < -0.4 is 4.80 Å². The van der Waals surface area contributed by atoms with Gasteiger partial charge in [-0.3, -0.25) is 4.99 Å². The van der Waals surface area contributed by atoms with Crippen molar-refractivity contribution in [3.8, 4) is 11.3 Å². The number of rotatable bonds is 4. The molecule has 0 aliphatic heterocycles. The van der Waals surface area contributed by atoms with Crippen molar-refractivity contribution in [3.05, 3.63) is 73.8 Å². The Hall–Kier alpha value is -1.98. The first-order valence-electron chi connectivity index (χ1n) is 8.17. The SMILES string of the molecule is CCN=c1scc(-c2ccc(Br)cc2)n1N=Cc1ccc(C)cc1C. The van der Waals surface area contributed by atoms with Gasteiger partial charge in [0.15, 0.2) is 0 Å². The number of hydrogen-bond donors (Lipinski definition) is 0. The highest BCUT2D eigenvalue weighted by atomic mass is 79.9.